The summed E-state index contributed by atoms with van der Waals surface area (Å²) in [6, 6.07) is 4.29. The zero-order valence-electron chi connectivity index (χ0n) is 15.5. The van der Waals surface area contributed by atoms with Gasteiger partial charge in [0.05, 0.1) is 16.0 Å². The van der Waals surface area contributed by atoms with Crippen molar-refractivity contribution in [2.45, 2.75) is 33.1 Å². The van der Waals surface area contributed by atoms with Crippen LogP contribution in [0.3, 0.4) is 0 Å². The molecule has 2 aromatic rings. The van der Waals surface area contributed by atoms with E-state index in [9.17, 15) is 14.9 Å². The maximum absolute atomic E-state index is 11.6. The molecule has 1 aromatic heterocycles. The molecule has 0 radical (unpaired) electrons. The first-order valence-electron chi connectivity index (χ1n) is 8.84. The van der Waals surface area contributed by atoms with Crippen LogP contribution >= 0.6 is 0 Å². The van der Waals surface area contributed by atoms with Gasteiger partial charge in [0.1, 0.15) is 0 Å². The molecule has 0 aliphatic heterocycles. The Morgan fingerprint density at radius 1 is 1.19 bits per heavy atom. The van der Waals surface area contributed by atoms with Crippen LogP contribution in [-0.2, 0) is 4.79 Å². The van der Waals surface area contributed by atoms with Crippen LogP contribution < -0.4 is 21.9 Å². The highest BCUT2D eigenvalue weighted by Gasteiger charge is 2.12. The molecule has 1 heterocycles. The van der Waals surface area contributed by atoms with Crippen LogP contribution in [0.15, 0.2) is 18.2 Å². The third-order valence-electron chi connectivity index (χ3n) is 3.81. The molecule has 0 bridgehead atoms. The number of hydrogen-bond acceptors (Lipinski definition) is 8. The summed E-state index contributed by atoms with van der Waals surface area (Å²) < 4.78 is 0. The maximum atomic E-state index is 11.6. The summed E-state index contributed by atoms with van der Waals surface area (Å²) in [6.45, 7) is 5.27. The number of hydrazine groups is 1. The first-order chi connectivity index (χ1) is 12.9. The van der Waals surface area contributed by atoms with E-state index in [2.05, 4.69) is 26.0 Å². The molecule has 10 heteroatoms. The lowest BCUT2D eigenvalue weighted by atomic mass is 10.1. The summed E-state index contributed by atoms with van der Waals surface area (Å²) >= 11 is 0. The normalized spacial score (nSPS) is 10.8. The molecule has 0 saturated heterocycles. The fourth-order valence-electron chi connectivity index (χ4n) is 2.51. The topological polar surface area (TPSA) is 148 Å². The number of nitro benzene ring substituents is 1. The minimum Gasteiger partial charge on any atom is -0.367 e. The molecule has 0 unspecified atom stereocenters. The molecule has 0 aliphatic rings. The highest BCUT2D eigenvalue weighted by Crippen LogP contribution is 2.23. The van der Waals surface area contributed by atoms with Gasteiger partial charge in [-0.25, -0.2) is 15.8 Å². The number of aromatic nitrogens is 2. The number of nitrogens with zero attached hydrogens (tertiary/aromatic N) is 3. The molecule has 27 heavy (non-hydrogen) atoms. The van der Waals surface area contributed by atoms with Gasteiger partial charge in [-0.15, -0.1) is 0 Å². The second-order valence-electron chi connectivity index (χ2n) is 6.58. The summed E-state index contributed by atoms with van der Waals surface area (Å²) in [7, 11) is 0. The zero-order chi connectivity index (χ0) is 19.8. The van der Waals surface area contributed by atoms with Gasteiger partial charge in [-0.05, 0) is 24.8 Å². The summed E-state index contributed by atoms with van der Waals surface area (Å²) in [5.41, 5.74) is 3.32. The number of non-ortho nitro benzene ring substituents is 1. The number of carbonyl (C=O) groups is 1. The lowest BCUT2D eigenvalue weighted by Gasteiger charge is -2.11. The van der Waals surface area contributed by atoms with Crippen LogP contribution in [0.25, 0.3) is 11.0 Å². The van der Waals surface area contributed by atoms with Crippen molar-refractivity contribution in [3.8, 4) is 0 Å². The van der Waals surface area contributed by atoms with Crippen molar-refractivity contribution in [1.29, 1.82) is 0 Å². The Bertz CT molecular complexity index is 810. The number of fused-ring (bicyclic) bond motifs is 1. The second kappa shape index (κ2) is 9.62. The zero-order valence-corrected chi connectivity index (χ0v) is 15.5. The quantitative estimate of drug-likeness (QED) is 0.214. The van der Waals surface area contributed by atoms with E-state index in [-0.39, 0.29) is 11.6 Å². The third kappa shape index (κ3) is 6.03. The van der Waals surface area contributed by atoms with E-state index in [1.807, 2.05) is 13.8 Å². The Kier molecular flexibility index (Phi) is 7.24. The van der Waals surface area contributed by atoms with E-state index in [0.29, 0.717) is 48.1 Å². The number of rotatable bonds is 10. The molecule has 0 aliphatic carbocycles. The van der Waals surface area contributed by atoms with E-state index in [4.69, 9.17) is 5.84 Å². The minimum absolute atomic E-state index is 0.0556. The lowest BCUT2D eigenvalue weighted by Crippen LogP contribution is -2.25. The second-order valence-corrected chi connectivity index (χ2v) is 6.58. The fraction of sp³-hybridized carbons (Fsp3) is 0.471. The Labute approximate surface area is 157 Å². The van der Waals surface area contributed by atoms with Crippen LogP contribution in [0.5, 0.6) is 0 Å². The minimum atomic E-state index is -0.483. The SMILES string of the molecule is CC(C)CC(=O)NCCCCNc1nc2ccc([N+](=O)[O-])cc2nc1NN. The molecule has 2 rings (SSSR count). The number of nitro groups is 1. The molecule has 0 atom stereocenters. The van der Waals surface area contributed by atoms with E-state index in [1.165, 1.54) is 12.1 Å². The van der Waals surface area contributed by atoms with Gasteiger partial charge in [-0.2, -0.15) is 0 Å². The van der Waals surface area contributed by atoms with E-state index in [1.54, 1.807) is 6.07 Å². The Morgan fingerprint density at radius 2 is 1.89 bits per heavy atom. The average Bonchev–Trinajstić information content (AvgIpc) is 2.62. The summed E-state index contributed by atoms with van der Waals surface area (Å²) in [6.07, 6.45) is 2.19. The highest BCUT2D eigenvalue weighted by molar-refractivity contribution is 5.82. The number of unbranched alkanes of at least 4 members (excludes halogenated alkanes) is 1. The van der Waals surface area contributed by atoms with Crippen LogP contribution in [0.2, 0.25) is 0 Å². The van der Waals surface area contributed by atoms with Crippen molar-refractivity contribution in [2.75, 3.05) is 23.8 Å². The number of amides is 1. The van der Waals surface area contributed by atoms with Gasteiger partial charge < -0.3 is 16.1 Å². The summed E-state index contributed by atoms with van der Waals surface area (Å²) in [5.74, 6) is 6.70. The highest BCUT2D eigenvalue weighted by atomic mass is 16.6. The molecule has 0 saturated carbocycles. The summed E-state index contributed by atoms with van der Waals surface area (Å²) in [4.78, 5) is 30.7. The van der Waals surface area contributed by atoms with E-state index in [0.717, 1.165) is 12.8 Å². The molecular formula is C17H25N7O3. The van der Waals surface area contributed by atoms with Crippen LogP contribution in [0.1, 0.15) is 33.1 Å². The van der Waals surface area contributed by atoms with Gasteiger partial charge in [0.2, 0.25) is 5.91 Å². The molecule has 10 nitrogen and oxygen atoms in total. The van der Waals surface area contributed by atoms with Gasteiger partial charge in [-0.1, -0.05) is 13.8 Å². The number of benzene rings is 1. The molecule has 1 amide bonds. The van der Waals surface area contributed by atoms with Crippen LogP contribution in [0, 0.1) is 16.0 Å². The van der Waals surface area contributed by atoms with Crippen molar-refractivity contribution in [1.82, 2.24) is 15.3 Å². The number of hydrogen-bond donors (Lipinski definition) is 4. The van der Waals surface area contributed by atoms with Crippen molar-refractivity contribution in [3.05, 3.63) is 28.3 Å². The monoisotopic (exact) mass is 375 g/mol. The van der Waals surface area contributed by atoms with Crippen LogP contribution in [-0.4, -0.2) is 33.9 Å². The van der Waals surface area contributed by atoms with Gasteiger partial charge in [0.25, 0.3) is 5.69 Å². The molecule has 0 fully saturated rings. The third-order valence-corrected chi connectivity index (χ3v) is 3.81. The van der Waals surface area contributed by atoms with Gasteiger partial charge in [-0.3, -0.25) is 14.9 Å². The van der Waals surface area contributed by atoms with E-state index >= 15 is 0 Å². The molecule has 1 aromatic carbocycles. The maximum Gasteiger partial charge on any atom is 0.271 e. The Balaban J connectivity index is 1.89. The summed E-state index contributed by atoms with van der Waals surface area (Å²) in [5, 5.41) is 16.9. The standard InChI is InChI=1S/C17H25N7O3/c1-11(2)9-15(25)19-7-3-4-8-20-16-17(23-18)22-14-10-12(24(26)27)5-6-13(14)21-16/h5-6,10-11H,3-4,7-9,18H2,1-2H3,(H,19,25)(H,20,21)(H,22,23). The Morgan fingerprint density at radius 3 is 2.56 bits per heavy atom. The van der Waals surface area contributed by atoms with Gasteiger partial charge >= 0.3 is 0 Å². The van der Waals surface area contributed by atoms with Crippen molar-refractivity contribution >= 4 is 34.3 Å². The molecule has 5 N–H and O–H groups in total. The van der Waals surface area contributed by atoms with Crippen molar-refractivity contribution in [3.63, 3.8) is 0 Å². The van der Waals surface area contributed by atoms with Crippen LogP contribution in [0.4, 0.5) is 17.3 Å². The van der Waals surface area contributed by atoms with Crippen molar-refractivity contribution < 1.29 is 9.72 Å². The number of anilines is 2. The molecular weight excluding hydrogens is 350 g/mol. The van der Waals surface area contributed by atoms with Gasteiger partial charge in [0, 0.05) is 31.6 Å². The smallest absolute Gasteiger partial charge is 0.271 e. The van der Waals surface area contributed by atoms with Gasteiger partial charge in [0.15, 0.2) is 11.6 Å². The number of nitrogens with one attached hydrogen (secondary N) is 3. The average molecular weight is 375 g/mol. The Hall–Kier alpha value is -3.01. The first kappa shape index (κ1) is 20.3. The van der Waals surface area contributed by atoms with Crippen molar-refractivity contribution in [2.24, 2.45) is 11.8 Å². The predicted molar refractivity (Wildman–Crippen MR) is 104 cm³/mol. The first-order valence-corrected chi connectivity index (χ1v) is 8.84. The lowest BCUT2D eigenvalue weighted by molar-refractivity contribution is -0.384. The molecule has 146 valence electrons. The number of nitrogens with two attached hydrogens (primary N) is 1. The molecule has 0 spiro atoms. The number of carbonyl (C=O) groups excluding carboxylic acids is 1. The number of nitrogen functional groups attached to an aromatic ring is 1. The van der Waals surface area contributed by atoms with E-state index < -0.39 is 4.92 Å². The predicted octanol–water partition coefficient (Wildman–Crippen LogP) is 2.18. The largest absolute Gasteiger partial charge is 0.367 e. The fourth-order valence-corrected chi connectivity index (χ4v) is 2.51.